The fourth-order valence-corrected chi connectivity index (χ4v) is 3.73. The second-order valence-electron chi connectivity index (χ2n) is 6.69. The molecule has 0 bridgehead atoms. The first kappa shape index (κ1) is 20.3. The first-order valence-corrected chi connectivity index (χ1v) is 9.67. The van der Waals surface area contributed by atoms with Crippen molar-refractivity contribution in [3.8, 4) is 23.0 Å². The van der Waals surface area contributed by atoms with Gasteiger partial charge in [-0.25, -0.2) is 0 Å². The fourth-order valence-electron chi connectivity index (χ4n) is 3.73. The van der Waals surface area contributed by atoms with E-state index in [1.807, 2.05) is 31.2 Å². The molecule has 1 saturated heterocycles. The molecule has 1 aliphatic rings. The molecule has 2 aromatic carbocycles. The lowest BCUT2D eigenvalue weighted by Gasteiger charge is -2.37. The van der Waals surface area contributed by atoms with Crippen molar-refractivity contribution in [3.05, 3.63) is 47.5 Å². The van der Waals surface area contributed by atoms with E-state index in [1.54, 1.807) is 21.3 Å². The zero-order valence-electron chi connectivity index (χ0n) is 17.2. The molecule has 1 aliphatic heterocycles. The molecule has 0 aliphatic carbocycles. The lowest BCUT2D eigenvalue weighted by Crippen LogP contribution is -2.45. The van der Waals surface area contributed by atoms with Crippen molar-refractivity contribution in [2.75, 3.05) is 47.6 Å². The molecule has 3 rings (SSSR count). The van der Waals surface area contributed by atoms with Crippen LogP contribution in [-0.2, 0) is 6.54 Å². The zero-order valence-corrected chi connectivity index (χ0v) is 17.2. The molecular formula is C22H30N2O4. The minimum absolute atomic E-state index is 0.230. The first-order chi connectivity index (χ1) is 13.7. The summed E-state index contributed by atoms with van der Waals surface area (Å²) in [4.78, 5) is 2.46. The maximum absolute atomic E-state index is 5.73. The minimum atomic E-state index is 0.230. The van der Waals surface area contributed by atoms with Gasteiger partial charge in [0, 0.05) is 31.7 Å². The van der Waals surface area contributed by atoms with Gasteiger partial charge in [0.1, 0.15) is 5.75 Å². The smallest absolute Gasteiger partial charge is 0.203 e. The van der Waals surface area contributed by atoms with Crippen molar-refractivity contribution in [1.29, 1.82) is 0 Å². The molecule has 2 aromatic rings. The highest BCUT2D eigenvalue weighted by atomic mass is 16.5. The Morgan fingerprint density at radius 2 is 1.68 bits per heavy atom. The van der Waals surface area contributed by atoms with Crippen molar-refractivity contribution in [2.45, 2.75) is 19.5 Å². The van der Waals surface area contributed by atoms with Crippen LogP contribution in [0.15, 0.2) is 36.4 Å². The van der Waals surface area contributed by atoms with Crippen molar-refractivity contribution in [2.24, 2.45) is 0 Å². The molecule has 0 spiro atoms. The summed E-state index contributed by atoms with van der Waals surface area (Å²) in [5.74, 6) is 2.96. The van der Waals surface area contributed by atoms with Crippen LogP contribution in [0.5, 0.6) is 23.0 Å². The van der Waals surface area contributed by atoms with Gasteiger partial charge in [0.25, 0.3) is 0 Å². The molecule has 0 radical (unpaired) electrons. The van der Waals surface area contributed by atoms with E-state index in [0.717, 1.165) is 37.5 Å². The lowest BCUT2D eigenvalue weighted by molar-refractivity contribution is 0.150. The molecule has 1 atom stereocenters. The third-order valence-corrected chi connectivity index (χ3v) is 5.05. The summed E-state index contributed by atoms with van der Waals surface area (Å²) in [6, 6.07) is 12.5. The predicted octanol–water partition coefficient (Wildman–Crippen LogP) is 3.26. The van der Waals surface area contributed by atoms with E-state index in [2.05, 4.69) is 22.3 Å². The van der Waals surface area contributed by atoms with E-state index in [0.29, 0.717) is 23.9 Å². The standard InChI is InChI=1S/C22H30N2O4/c1-5-28-22-20(26-3)12-16(13-21(22)27-4)15-24-11-10-23-14-18(24)17-8-6-7-9-19(17)25-2/h6-9,12-13,18,23H,5,10-11,14-15H2,1-4H3. The molecule has 1 unspecified atom stereocenters. The number of piperazine rings is 1. The Labute approximate surface area is 167 Å². The van der Waals surface area contributed by atoms with Crippen molar-refractivity contribution in [1.82, 2.24) is 10.2 Å². The predicted molar refractivity (Wildman–Crippen MR) is 110 cm³/mol. The lowest BCUT2D eigenvalue weighted by atomic mass is 10.0. The molecule has 6 heteroatoms. The number of benzene rings is 2. The first-order valence-electron chi connectivity index (χ1n) is 9.67. The summed E-state index contributed by atoms with van der Waals surface area (Å²) in [6.07, 6.45) is 0. The average Bonchev–Trinajstić information content (AvgIpc) is 2.75. The number of methoxy groups -OCH3 is 3. The van der Waals surface area contributed by atoms with Gasteiger partial charge in [-0.1, -0.05) is 18.2 Å². The quantitative estimate of drug-likeness (QED) is 0.752. The highest BCUT2D eigenvalue weighted by molar-refractivity contribution is 5.54. The Balaban J connectivity index is 1.90. The van der Waals surface area contributed by atoms with Crippen LogP contribution in [0.4, 0.5) is 0 Å². The van der Waals surface area contributed by atoms with Crippen LogP contribution < -0.4 is 24.3 Å². The molecule has 1 N–H and O–H groups in total. The van der Waals surface area contributed by atoms with Gasteiger partial charge in [0.15, 0.2) is 11.5 Å². The van der Waals surface area contributed by atoms with Gasteiger partial charge in [-0.3, -0.25) is 4.90 Å². The van der Waals surface area contributed by atoms with E-state index >= 15 is 0 Å². The van der Waals surface area contributed by atoms with Crippen LogP contribution in [-0.4, -0.2) is 52.5 Å². The summed E-state index contributed by atoms with van der Waals surface area (Å²) >= 11 is 0. The zero-order chi connectivity index (χ0) is 19.9. The molecule has 152 valence electrons. The maximum atomic E-state index is 5.73. The second-order valence-corrected chi connectivity index (χ2v) is 6.69. The van der Waals surface area contributed by atoms with Crippen molar-refractivity contribution >= 4 is 0 Å². The molecule has 6 nitrogen and oxygen atoms in total. The summed E-state index contributed by atoms with van der Waals surface area (Å²) < 4.78 is 22.5. The van der Waals surface area contributed by atoms with Gasteiger partial charge in [0.2, 0.25) is 5.75 Å². The second kappa shape index (κ2) is 9.66. The van der Waals surface area contributed by atoms with E-state index in [4.69, 9.17) is 18.9 Å². The molecular weight excluding hydrogens is 356 g/mol. The number of ether oxygens (including phenoxy) is 4. The Hall–Kier alpha value is -2.44. The van der Waals surface area contributed by atoms with Crippen LogP contribution in [0.25, 0.3) is 0 Å². The number of hydrogen-bond donors (Lipinski definition) is 1. The van der Waals surface area contributed by atoms with Gasteiger partial charge in [0.05, 0.1) is 34.0 Å². The number of rotatable bonds is 8. The summed E-state index contributed by atoms with van der Waals surface area (Å²) in [7, 11) is 5.04. The molecule has 1 fully saturated rings. The van der Waals surface area contributed by atoms with Crippen molar-refractivity contribution < 1.29 is 18.9 Å². The normalized spacial score (nSPS) is 17.2. The van der Waals surface area contributed by atoms with Gasteiger partial charge < -0.3 is 24.3 Å². The molecule has 1 heterocycles. The van der Waals surface area contributed by atoms with Crippen LogP contribution in [0.1, 0.15) is 24.1 Å². The molecule has 0 aromatic heterocycles. The highest BCUT2D eigenvalue weighted by Gasteiger charge is 2.27. The van der Waals surface area contributed by atoms with E-state index in [9.17, 15) is 0 Å². The maximum Gasteiger partial charge on any atom is 0.203 e. The Morgan fingerprint density at radius 3 is 2.32 bits per heavy atom. The average molecular weight is 386 g/mol. The number of nitrogens with zero attached hydrogens (tertiary/aromatic N) is 1. The van der Waals surface area contributed by atoms with E-state index < -0.39 is 0 Å². The van der Waals surface area contributed by atoms with Gasteiger partial charge in [-0.15, -0.1) is 0 Å². The van der Waals surface area contributed by atoms with E-state index in [1.165, 1.54) is 5.56 Å². The summed E-state index contributed by atoms with van der Waals surface area (Å²) in [5, 5.41) is 3.50. The van der Waals surface area contributed by atoms with E-state index in [-0.39, 0.29) is 6.04 Å². The summed E-state index contributed by atoms with van der Waals surface area (Å²) in [5.41, 5.74) is 2.32. The highest BCUT2D eigenvalue weighted by Crippen LogP contribution is 2.39. The number of nitrogens with one attached hydrogen (secondary N) is 1. The van der Waals surface area contributed by atoms with Crippen LogP contribution in [0.3, 0.4) is 0 Å². The third-order valence-electron chi connectivity index (χ3n) is 5.05. The van der Waals surface area contributed by atoms with Crippen LogP contribution in [0.2, 0.25) is 0 Å². The topological polar surface area (TPSA) is 52.2 Å². The number of hydrogen-bond acceptors (Lipinski definition) is 6. The monoisotopic (exact) mass is 386 g/mol. The van der Waals surface area contributed by atoms with Gasteiger partial charge in [-0.2, -0.15) is 0 Å². The SMILES string of the molecule is CCOc1c(OC)cc(CN2CCNCC2c2ccccc2OC)cc1OC. The van der Waals surface area contributed by atoms with Gasteiger partial charge >= 0.3 is 0 Å². The number of para-hydroxylation sites is 1. The molecule has 0 amide bonds. The van der Waals surface area contributed by atoms with Gasteiger partial charge in [-0.05, 0) is 30.7 Å². The Kier molecular flexibility index (Phi) is 7.01. The van der Waals surface area contributed by atoms with Crippen LogP contribution in [0, 0.1) is 0 Å². The Morgan fingerprint density at radius 1 is 1.00 bits per heavy atom. The minimum Gasteiger partial charge on any atom is -0.496 e. The van der Waals surface area contributed by atoms with Crippen LogP contribution >= 0.6 is 0 Å². The molecule has 28 heavy (non-hydrogen) atoms. The van der Waals surface area contributed by atoms with Crippen molar-refractivity contribution in [3.63, 3.8) is 0 Å². The Bertz CT molecular complexity index is 756. The fraction of sp³-hybridized carbons (Fsp3) is 0.455. The summed E-state index contributed by atoms with van der Waals surface area (Å²) in [6.45, 7) is 6.07. The molecule has 0 saturated carbocycles. The third kappa shape index (κ3) is 4.34. The largest absolute Gasteiger partial charge is 0.496 e.